The van der Waals surface area contributed by atoms with Gasteiger partial charge in [-0.2, -0.15) is 0 Å². The summed E-state index contributed by atoms with van der Waals surface area (Å²) in [5.74, 6) is 1.45. The van der Waals surface area contributed by atoms with Crippen LogP contribution in [0.3, 0.4) is 0 Å². The predicted molar refractivity (Wildman–Crippen MR) is 116 cm³/mol. The Morgan fingerprint density at radius 1 is 1.17 bits per heavy atom. The van der Waals surface area contributed by atoms with Gasteiger partial charge in [0.1, 0.15) is 5.75 Å². The van der Waals surface area contributed by atoms with Gasteiger partial charge >= 0.3 is 6.03 Å². The van der Waals surface area contributed by atoms with Crippen molar-refractivity contribution in [2.75, 3.05) is 31.1 Å². The summed E-state index contributed by atoms with van der Waals surface area (Å²) >= 11 is 0. The van der Waals surface area contributed by atoms with E-state index >= 15 is 0 Å². The summed E-state index contributed by atoms with van der Waals surface area (Å²) in [6.45, 7) is 10.7. The molecule has 0 radical (unpaired) electrons. The molecular weight excluding hydrogens is 366 g/mol. The van der Waals surface area contributed by atoms with Crippen molar-refractivity contribution >= 4 is 17.6 Å². The normalized spacial score (nSPS) is 19.7. The van der Waals surface area contributed by atoms with Crippen molar-refractivity contribution in [1.29, 1.82) is 0 Å². The Morgan fingerprint density at radius 3 is 2.52 bits per heavy atom. The van der Waals surface area contributed by atoms with Crippen LogP contribution in [-0.4, -0.2) is 49.1 Å². The Hall–Kier alpha value is -2.24. The number of nitrogens with zero attached hydrogens (tertiary/aromatic N) is 2. The lowest BCUT2D eigenvalue weighted by Crippen LogP contribution is -2.44. The Labute approximate surface area is 174 Å². The zero-order valence-corrected chi connectivity index (χ0v) is 18.3. The molecule has 1 atom stereocenters. The SMILES string of the molecule is CCCOc1c(C2CCN(C(=O)NCC)CC2)ccc2c1CC[C@H](C)N2C(C)=O. The highest BCUT2D eigenvalue weighted by Gasteiger charge is 2.32. The number of hydrogen-bond donors (Lipinski definition) is 1. The van der Waals surface area contributed by atoms with Crippen LogP contribution in [0.2, 0.25) is 0 Å². The van der Waals surface area contributed by atoms with Crippen LogP contribution in [0.5, 0.6) is 5.75 Å². The molecule has 160 valence electrons. The third kappa shape index (κ3) is 4.51. The first-order valence-electron chi connectivity index (χ1n) is 11.1. The van der Waals surface area contributed by atoms with Crippen molar-refractivity contribution in [1.82, 2.24) is 10.2 Å². The first-order valence-corrected chi connectivity index (χ1v) is 11.1. The van der Waals surface area contributed by atoms with Crippen molar-refractivity contribution in [3.8, 4) is 5.75 Å². The fraction of sp³-hybridized carbons (Fsp3) is 0.652. The van der Waals surface area contributed by atoms with E-state index in [2.05, 4.69) is 31.3 Å². The Morgan fingerprint density at radius 2 is 1.90 bits per heavy atom. The number of urea groups is 1. The summed E-state index contributed by atoms with van der Waals surface area (Å²) in [5, 5.41) is 2.89. The van der Waals surface area contributed by atoms with Crippen LogP contribution in [-0.2, 0) is 11.2 Å². The summed E-state index contributed by atoms with van der Waals surface area (Å²) in [6, 6.07) is 4.51. The lowest BCUT2D eigenvalue weighted by atomic mass is 9.85. The van der Waals surface area contributed by atoms with E-state index in [4.69, 9.17) is 4.74 Å². The lowest BCUT2D eigenvalue weighted by molar-refractivity contribution is -0.117. The van der Waals surface area contributed by atoms with Gasteiger partial charge < -0.3 is 19.9 Å². The predicted octanol–water partition coefficient (Wildman–Crippen LogP) is 4.07. The topological polar surface area (TPSA) is 61.9 Å². The minimum atomic E-state index is 0.0323. The second-order valence-electron chi connectivity index (χ2n) is 8.20. The molecule has 2 aliphatic heterocycles. The van der Waals surface area contributed by atoms with Crippen molar-refractivity contribution in [3.63, 3.8) is 0 Å². The summed E-state index contributed by atoms with van der Waals surface area (Å²) in [6.07, 6.45) is 4.71. The third-order valence-electron chi connectivity index (χ3n) is 6.12. The Kier molecular flexibility index (Phi) is 7.04. The molecule has 3 amide bonds. The Balaban J connectivity index is 1.88. The van der Waals surface area contributed by atoms with E-state index in [1.807, 2.05) is 16.7 Å². The fourth-order valence-corrected chi connectivity index (χ4v) is 4.66. The molecule has 0 bridgehead atoms. The molecule has 1 fully saturated rings. The second kappa shape index (κ2) is 9.51. The number of benzene rings is 1. The van der Waals surface area contributed by atoms with E-state index in [-0.39, 0.29) is 18.0 Å². The second-order valence-corrected chi connectivity index (χ2v) is 8.20. The number of likely N-dealkylation sites (tertiary alicyclic amines) is 1. The number of fused-ring (bicyclic) bond motifs is 1. The van der Waals surface area contributed by atoms with Crippen molar-refractivity contribution in [2.24, 2.45) is 0 Å². The highest BCUT2D eigenvalue weighted by atomic mass is 16.5. The first kappa shape index (κ1) is 21.5. The monoisotopic (exact) mass is 401 g/mol. The van der Waals surface area contributed by atoms with Crippen LogP contribution in [0, 0.1) is 0 Å². The van der Waals surface area contributed by atoms with E-state index in [0.29, 0.717) is 19.1 Å². The highest BCUT2D eigenvalue weighted by molar-refractivity contribution is 5.94. The maximum absolute atomic E-state index is 12.3. The van der Waals surface area contributed by atoms with Crippen LogP contribution in [0.4, 0.5) is 10.5 Å². The zero-order valence-electron chi connectivity index (χ0n) is 18.3. The first-order chi connectivity index (χ1) is 14.0. The van der Waals surface area contributed by atoms with E-state index in [1.165, 1.54) is 11.1 Å². The van der Waals surface area contributed by atoms with Crippen LogP contribution in [0.1, 0.15) is 70.4 Å². The van der Waals surface area contributed by atoms with Crippen molar-refractivity contribution in [3.05, 3.63) is 23.3 Å². The molecule has 0 spiro atoms. The maximum Gasteiger partial charge on any atom is 0.317 e. The van der Waals surface area contributed by atoms with E-state index < -0.39 is 0 Å². The van der Waals surface area contributed by atoms with Crippen molar-refractivity contribution in [2.45, 2.75) is 71.8 Å². The van der Waals surface area contributed by atoms with Crippen LogP contribution >= 0.6 is 0 Å². The zero-order chi connectivity index (χ0) is 21.0. The molecular formula is C23H35N3O3. The molecule has 3 rings (SSSR count). The van der Waals surface area contributed by atoms with Gasteiger partial charge in [0, 0.05) is 38.2 Å². The number of amides is 3. The number of rotatable bonds is 5. The number of anilines is 1. The van der Waals surface area contributed by atoms with E-state index in [9.17, 15) is 9.59 Å². The van der Waals surface area contributed by atoms with Crippen LogP contribution in [0.25, 0.3) is 0 Å². The molecule has 1 N–H and O–H groups in total. The number of carbonyl (C=O) groups excluding carboxylic acids is 2. The summed E-state index contributed by atoms with van der Waals surface area (Å²) < 4.78 is 6.28. The van der Waals surface area contributed by atoms with Gasteiger partial charge in [0.05, 0.1) is 12.3 Å². The third-order valence-corrected chi connectivity index (χ3v) is 6.12. The number of piperidine rings is 1. The van der Waals surface area contributed by atoms with Gasteiger partial charge in [-0.1, -0.05) is 13.0 Å². The molecule has 2 aliphatic rings. The quantitative estimate of drug-likeness (QED) is 0.809. The number of nitrogens with one attached hydrogen (secondary N) is 1. The van der Waals surface area contributed by atoms with Gasteiger partial charge in [0.25, 0.3) is 0 Å². The molecule has 1 saturated heterocycles. The van der Waals surface area contributed by atoms with E-state index in [1.54, 1.807) is 6.92 Å². The molecule has 1 aromatic carbocycles. The number of carbonyl (C=O) groups is 2. The molecule has 29 heavy (non-hydrogen) atoms. The van der Waals surface area contributed by atoms with Gasteiger partial charge in [-0.3, -0.25) is 4.79 Å². The van der Waals surface area contributed by atoms with Crippen LogP contribution < -0.4 is 15.0 Å². The molecule has 0 saturated carbocycles. The molecule has 6 heteroatoms. The largest absolute Gasteiger partial charge is 0.493 e. The van der Waals surface area contributed by atoms with Gasteiger partial charge in [0.15, 0.2) is 0 Å². The smallest absolute Gasteiger partial charge is 0.317 e. The van der Waals surface area contributed by atoms with Gasteiger partial charge in [-0.25, -0.2) is 4.79 Å². The average Bonchev–Trinajstić information content (AvgIpc) is 2.71. The molecule has 6 nitrogen and oxygen atoms in total. The summed E-state index contributed by atoms with van der Waals surface area (Å²) in [5.41, 5.74) is 3.42. The fourth-order valence-electron chi connectivity index (χ4n) is 4.66. The number of ether oxygens (including phenoxy) is 1. The van der Waals surface area contributed by atoms with Crippen LogP contribution in [0.15, 0.2) is 12.1 Å². The van der Waals surface area contributed by atoms with Gasteiger partial charge in [0.2, 0.25) is 5.91 Å². The molecule has 1 aromatic rings. The lowest BCUT2D eigenvalue weighted by Gasteiger charge is -2.37. The average molecular weight is 402 g/mol. The van der Waals surface area contributed by atoms with Gasteiger partial charge in [-0.15, -0.1) is 0 Å². The number of hydrogen-bond acceptors (Lipinski definition) is 3. The minimum absolute atomic E-state index is 0.0323. The highest BCUT2D eigenvalue weighted by Crippen LogP contribution is 2.43. The van der Waals surface area contributed by atoms with E-state index in [0.717, 1.165) is 56.6 Å². The molecule has 0 aromatic heterocycles. The summed E-state index contributed by atoms with van der Waals surface area (Å²) in [4.78, 5) is 28.2. The molecule has 2 heterocycles. The standard InChI is InChI=1S/C23H35N3O3/c1-5-15-29-22-19(18-11-13-25(14-12-18)23(28)24-6-2)9-10-21-20(22)8-7-16(3)26(21)17(4)27/h9-10,16,18H,5-8,11-15H2,1-4H3,(H,24,28)/t16-/m0/s1. The minimum Gasteiger partial charge on any atom is -0.493 e. The Bertz CT molecular complexity index is 741. The van der Waals surface area contributed by atoms with Crippen molar-refractivity contribution < 1.29 is 14.3 Å². The summed E-state index contributed by atoms with van der Waals surface area (Å²) in [7, 11) is 0. The molecule has 0 unspecified atom stereocenters. The molecule has 0 aliphatic carbocycles. The van der Waals surface area contributed by atoms with Gasteiger partial charge in [-0.05, 0) is 63.5 Å². The maximum atomic E-state index is 12.3.